The van der Waals surface area contributed by atoms with Crippen LogP contribution in [0, 0.1) is 0 Å². The first-order valence-corrected chi connectivity index (χ1v) is 9.57. The Labute approximate surface area is 155 Å². The first kappa shape index (κ1) is 17.0. The number of fused-ring (bicyclic) bond motifs is 2. The van der Waals surface area contributed by atoms with Gasteiger partial charge in [0.25, 0.3) is 10.0 Å². The minimum absolute atomic E-state index is 0.0250. The summed E-state index contributed by atoms with van der Waals surface area (Å²) in [5, 5.41) is 0. The zero-order valence-corrected chi connectivity index (χ0v) is 14.8. The van der Waals surface area contributed by atoms with Crippen LogP contribution in [0.4, 0.5) is 11.4 Å². The summed E-state index contributed by atoms with van der Waals surface area (Å²) < 4.78 is 27.8. The van der Waals surface area contributed by atoms with Gasteiger partial charge in [-0.2, -0.15) is 0 Å². The highest BCUT2D eigenvalue weighted by Crippen LogP contribution is 2.36. The third kappa shape index (κ3) is 2.69. The summed E-state index contributed by atoms with van der Waals surface area (Å²) in [4.78, 5) is 25.8. The number of carbonyl (C=O) groups excluding carboxylic acids is 2. The lowest BCUT2D eigenvalue weighted by molar-refractivity contribution is 0.0980. The third-order valence-corrected chi connectivity index (χ3v) is 5.78. The molecule has 0 aliphatic heterocycles. The molecule has 0 saturated heterocycles. The highest BCUT2D eigenvalue weighted by molar-refractivity contribution is 7.92. The molecule has 0 atom stereocenters. The number of benzene rings is 3. The van der Waals surface area contributed by atoms with Crippen LogP contribution >= 0.6 is 0 Å². The second-order valence-corrected chi connectivity index (χ2v) is 7.76. The van der Waals surface area contributed by atoms with Crippen LogP contribution in [-0.4, -0.2) is 20.0 Å². The van der Waals surface area contributed by atoms with Crippen LogP contribution in [0.25, 0.3) is 0 Å². The molecule has 0 heterocycles. The number of rotatable bonds is 3. The molecular weight excluding hydrogens is 364 g/mol. The summed E-state index contributed by atoms with van der Waals surface area (Å²) in [5.41, 5.74) is 6.56. The van der Waals surface area contributed by atoms with Crippen LogP contribution in [0.15, 0.2) is 71.6 Å². The van der Waals surface area contributed by atoms with Crippen LogP contribution in [0.5, 0.6) is 0 Å². The minimum Gasteiger partial charge on any atom is -0.397 e. The molecule has 1 aliphatic carbocycles. The van der Waals surface area contributed by atoms with E-state index in [0.29, 0.717) is 0 Å². The van der Waals surface area contributed by atoms with Gasteiger partial charge in [0.2, 0.25) is 0 Å². The fourth-order valence-electron chi connectivity index (χ4n) is 3.11. The number of hydrogen-bond donors (Lipinski definition) is 2. The average molecular weight is 378 g/mol. The molecule has 1 aliphatic rings. The number of nitrogens with one attached hydrogen (secondary N) is 1. The van der Waals surface area contributed by atoms with Gasteiger partial charge >= 0.3 is 0 Å². The third-order valence-electron chi connectivity index (χ3n) is 4.42. The molecule has 0 unspecified atom stereocenters. The average Bonchev–Trinajstić information content (AvgIpc) is 2.68. The molecule has 0 saturated carbocycles. The first-order valence-electron chi connectivity index (χ1n) is 8.09. The lowest BCUT2D eigenvalue weighted by Crippen LogP contribution is -2.24. The minimum atomic E-state index is -3.98. The van der Waals surface area contributed by atoms with Gasteiger partial charge < -0.3 is 5.73 Å². The quantitative estimate of drug-likeness (QED) is 0.533. The summed E-state index contributed by atoms with van der Waals surface area (Å²) >= 11 is 0. The van der Waals surface area contributed by atoms with E-state index in [2.05, 4.69) is 4.72 Å². The lowest BCUT2D eigenvalue weighted by atomic mass is 9.83. The van der Waals surface area contributed by atoms with E-state index in [4.69, 9.17) is 5.73 Å². The Balaban J connectivity index is 1.90. The summed E-state index contributed by atoms with van der Waals surface area (Å²) in [7, 11) is -3.98. The zero-order chi connectivity index (χ0) is 19.2. The van der Waals surface area contributed by atoms with Gasteiger partial charge in [-0.25, -0.2) is 8.42 Å². The molecule has 6 nitrogen and oxygen atoms in total. The lowest BCUT2D eigenvalue weighted by Gasteiger charge is -2.22. The molecule has 4 rings (SSSR count). The van der Waals surface area contributed by atoms with Crippen molar-refractivity contribution in [1.82, 2.24) is 0 Å². The first-order chi connectivity index (χ1) is 12.9. The number of nitrogens with two attached hydrogens (primary N) is 1. The Hall–Kier alpha value is -3.45. The van der Waals surface area contributed by atoms with Crippen molar-refractivity contribution in [2.45, 2.75) is 4.90 Å². The van der Waals surface area contributed by atoms with Crippen LogP contribution in [0.3, 0.4) is 0 Å². The molecule has 7 heteroatoms. The molecule has 3 aromatic carbocycles. The van der Waals surface area contributed by atoms with Crippen LogP contribution < -0.4 is 10.5 Å². The Bertz CT molecular complexity index is 1200. The number of carbonyl (C=O) groups is 2. The highest BCUT2D eigenvalue weighted by Gasteiger charge is 2.33. The van der Waals surface area contributed by atoms with Crippen molar-refractivity contribution < 1.29 is 18.0 Å². The number of ketones is 2. The van der Waals surface area contributed by atoms with Gasteiger partial charge in [-0.05, 0) is 24.3 Å². The van der Waals surface area contributed by atoms with E-state index < -0.39 is 15.8 Å². The highest BCUT2D eigenvalue weighted by atomic mass is 32.2. The standard InChI is InChI=1S/C20H14N2O4S/c21-16-11-10-15-17(20(24)14-9-5-4-8-13(14)19(15)23)18(16)22-27(25,26)12-6-2-1-3-7-12/h1-11,22H,21H2. The van der Waals surface area contributed by atoms with Crippen LogP contribution in [0.1, 0.15) is 31.8 Å². The molecule has 3 aromatic rings. The van der Waals surface area contributed by atoms with Gasteiger partial charge in [-0.15, -0.1) is 0 Å². The Morgan fingerprint density at radius 2 is 1.30 bits per heavy atom. The van der Waals surface area contributed by atoms with E-state index in [9.17, 15) is 18.0 Å². The van der Waals surface area contributed by atoms with E-state index in [1.54, 1.807) is 36.4 Å². The van der Waals surface area contributed by atoms with Crippen molar-refractivity contribution in [2.75, 3.05) is 10.5 Å². The molecule has 0 bridgehead atoms. The predicted molar refractivity (Wildman–Crippen MR) is 101 cm³/mol. The van der Waals surface area contributed by atoms with Gasteiger partial charge in [0.05, 0.1) is 21.8 Å². The SMILES string of the molecule is Nc1ccc2c(c1NS(=O)(=O)c1ccccc1)C(=O)c1ccccc1C2=O. The molecular formula is C20H14N2O4S. The Morgan fingerprint density at radius 1 is 0.704 bits per heavy atom. The number of hydrogen-bond acceptors (Lipinski definition) is 5. The monoisotopic (exact) mass is 378 g/mol. The fraction of sp³-hybridized carbons (Fsp3) is 0. The van der Waals surface area contributed by atoms with Gasteiger partial charge in [0.15, 0.2) is 11.6 Å². The maximum Gasteiger partial charge on any atom is 0.261 e. The Kier molecular flexibility index (Phi) is 3.82. The fourth-order valence-corrected chi connectivity index (χ4v) is 4.23. The van der Waals surface area contributed by atoms with Crippen molar-refractivity contribution in [3.8, 4) is 0 Å². The van der Waals surface area contributed by atoms with Crippen molar-refractivity contribution in [2.24, 2.45) is 0 Å². The molecule has 0 aromatic heterocycles. The summed E-state index contributed by atoms with van der Waals surface area (Å²) in [6, 6.07) is 17.0. The summed E-state index contributed by atoms with van der Waals surface area (Å²) in [6.07, 6.45) is 0. The predicted octanol–water partition coefficient (Wildman–Crippen LogP) is 2.85. The van der Waals surface area contributed by atoms with Gasteiger partial charge in [0, 0.05) is 16.7 Å². The second kappa shape index (κ2) is 6.07. The topological polar surface area (TPSA) is 106 Å². The van der Waals surface area contributed by atoms with Gasteiger partial charge in [0.1, 0.15) is 0 Å². The van der Waals surface area contributed by atoms with Gasteiger partial charge in [-0.1, -0.05) is 42.5 Å². The number of sulfonamides is 1. The Morgan fingerprint density at radius 3 is 1.96 bits per heavy atom. The number of nitrogen functional groups attached to an aromatic ring is 1. The van der Waals surface area contributed by atoms with Crippen molar-refractivity contribution in [1.29, 1.82) is 0 Å². The van der Waals surface area contributed by atoms with E-state index in [1.807, 2.05) is 0 Å². The van der Waals surface area contributed by atoms with Crippen molar-refractivity contribution in [3.63, 3.8) is 0 Å². The van der Waals surface area contributed by atoms with Crippen LogP contribution in [-0.2, 0) is 10.0 Å². The molecule has 0 amide bonds. The molecule has 0 fully saturated rings. The number of anilines is 2. The largest absolute Gasteiger partial charge is 0.397 e. The molecule has 0 spiro atoms. The van der Waals surface area contributed by atoms with E-state index in [1.165, 1.54) is 30.3 Å². The summed E-state index contributed by atoms with van der Waals surface area (Å²) in [5.74, 6) is -0.793. The summed E-state index contributed by atoms with van der Waals surface area (Å²) in [6.45, 7) is 0. The van der Waals surface area contributed by atoms with Crippen molar-refractivity contribution >= 4 is 33.0 Å². The van der Waals surface area contributed by atoms with E-state index in [0.717, 1.165) is 0 Å². The van der Waals surface area contributed by atoms with Crippen LogP contribution in [0.2, 0.25) is 0 Å². The maximum absolute atomic E-state index is 13.0. The van der Waals surface area contributed by atoms with Gasteiger partial charge in [-0.3, -0.25) is 14.3 Å². The van der Waals surface area contributed by atoms with E-state index in [-0.39, 0.29) is 44.3 Å². The van der Waals surface area contributed by atoms with E-state index >= 15 is 0 Å². The zero-order valence-electron chi connectivity index (χ0n) is 14.0. The molecule has 3 N–H and O–H groups in total. The molecule has 134 valence electrons. The maximum atomic E-state index is 13.0. The second-order valence-electron chi connectivity index (χ2n) is 6.07. The smallest absolute Gasteiger partial charge is 0.261 e. The normalized spacial score (nSPS) is 13.0. The molecule has 0 radical (unpaired) electrons. The van der Waals surface area contributed by atoms with Crippen molar-refractivity contribution in [3.05, 3.63) is 89.0 Å². The molecule has 27 heavy (non-hydrogen) atoms.